The molecule has 1 N–H and O–H groups in total. The molecule has 2 aromatic heterocycles. The summed E-state index contributed by atoms with van der Waals surface area (Å²) in [4.78, 5) is 26.1. The van der Waals surface area contributed by atoms with E-state index in [0.29, 0.717) is 26.1 Å². The minimum atomic E-state index is -0.277. The van der Waals surface area contributed by atoms with Crippen LogP contribution in [0.3, 0.4) is 0 Å². The second kappa shape index (κ2) is 10.1. The first kappa shape index (κ1) is 23.4. The zero-order valence-electron chi connectivity index (χ0n) is 18.7. The molecule has 1 saturated heterocycles. The van der Waals surface area contributed by atoms with Gasteiger partial charge in [-0.1, -0.05) is 17.7 Å². The Balaban J connectivity index is 1.44. The monoisotopic (exact) mass is 540 g/mol. The number of benzene rings is 1. The quantitative estimate of drug-likeness (QED) is 0.544. The predicted molar refractivity (Wildman–Crippen MR) is 135 cm³/mol. The van der Waals surface area contributed by atoms with E-state index in [9.17, 15) is 9.90 Å². The van der Waals surface area contributed by atoms with E-state index in [1.54, 1.807) is 12.4 Å². The molecule has 6 nitrogen and oxygen atoms in total. The van der Waals surface area contributed by atoms with Gasteiger partial charge in [-0.05, 0) is 81.4 Å². The molecule has 1 aliphatic carbocycles. The van der Waals surface area contributed by atoms with Crippen LogP contribution >= 0.6 is 27.5 Å². The van der Waals surface area contributed by atoms with Gasteiger partial charge >= 0.3 is 0 Å². The number of hydrogen-bond donors (Lipinski definition) is 1. The molecular weight excluding hydrogens is 516 g/mol. The van der Waals surface area contributed by atoms with E-state index in [1.807, 2.05) is 29.3 Å². The molecular formula is C26H26BrClN4O2. The summed E-state index contributed by atoms with van der Waals surface area (Å²) in [5.74, 6) is 0.0282. The normalized spacial score (nSPS) is 20.4. The Morgan fingerprint density at radius 2 is 1.91 bits per heavy atom. The SMILES string of the molecule is O=C(Cc1ccncc1)N1CCN(C2c3ccc(Cl)cc3CCc3cc(Br)cnc32)CC1CO. The molecule has 3 aromatic rings. The van der Waals surface area contributed by atoms with Gasteiger partial charge in [-0.25, -0.2) is 0 Å². The Morgan fingerprint density at radius 3 is 2.71 bits per heavy atom. The fraction of sp³-hybridized carbons (Fsp3) is 0.346. The van der Waals surface area contributed by atoms with Crippen LogP contribution in [0.2, 0.25) is 5.02 Å². The van der Waals surface area contributed by atoms with Crippen molar-refractivity contribution >= 4 is 33.4 Å². The molecule has 0 bridgehead atoms. The van der Waals surface area contributed by atoms with Crippen LogP contribution in [0.5, 0.6) is 0 Å². The number of amides is 1. The summed E-state index contributed by atoms with van der Waals surface area (Å²) < 4.78 is 0.966. The molecule has 3 heterocycles. The fourth-order valence-electron chi connectivity index (χ4n) is 5.16. The van der Waals surface area contributed by atoms with E-state index in [2.05, 4.69) is 44.0 Å². The van der Waals surface area contributed by atoms with Gasteiger partial charge in [0.25, 0.3) is 0 Å². The molecule has 34 heavy (non-hydrogen) atoms. The lowest BCUT2D eigenvalue weighted by molar-refractivity contribution is -0.137. The van der Waals surface area contributed by atoms with Gasteiger partial charge in [0.1, 0.15) is 0 Å². The molecule has 5 rings (SSSR count). The summed E-state index contributed by atoms with van der Waals surface area (Å²) >= 11 is 9.92. The number of hydrogen-bond acceptors (Lipinski definition) is 5. The van der Waals surface area contributed by atoms with Crippen molar-refractivity contribution in [3.05, 3.63) is 92.4 Å². The van der Waals surface area contributed by atoms with E-state index in [0.717, 1.165) is 33.6 Å². The minimum Gasteiger partial charge on any atom is -0.394 e. The maximum absolute atomic E-state index is 13.1. The van der Waals surface area contributed by atoms with Gasteiger partial charge < -0.3 is 10.0 Å². The highest BCUT2D eigenvalue weighted by Crippen LogP contribution is 2.38. The van der Waals surface area contributed by atoms with Gasteiger partial charge in [-0.3, -0.25) is 19.7 Å². The van der Waals surface area contributed by atoms with Crippen molar-refractivity contribution in [2.75, 3.05) is 26.2 Å². The maximum Gasteiger partial charge on any atom is 0.227 e. The van der Waals surface area contributed by atoms with E-state index < -0.39 is 0 Å². The highest BCUT2D eigenvalue weighted by Gasteiger charge is 2.37. The van der Waals surface area contributed by atoms with Crippen LogP contribution in [-0.4, -0.2) is 63.1 Å². The number of aliphatic hydroxyl groups is 1. The molecule has 8 heteroatoms. The van der Waals surface area contributed by atoms with Gasteiger partial charge in [-0.15, -0.1) is 0 Å². The van der Waals surface area contributed by atoms with Crippen molar-refractivity contribution < 1.29 is 9.90 Å². The van der Waals surface area contributed by atoms with Crippen molar-refractivity contribution in [2.45, 2.75) is 31.3 Å². The summed E-state index contributed by atoms with van der Waals surface area (Å²) in [5, 5.41) is 11.0. The Labute approximate surface area is 212 Å². The molecule has 0 spiro atoms. The van der Waals surface area contributed by atoms with Crippen LogP contribution in [0.1, 0.15) is 34.0 Å². The van der Waals surface area contributed by atoms with Crippen molar-refractivity contribution in [3.63, 3.8) is 0 Å². The van der Waals surface area contributed by atoms with Crippen LogP contribution in [0.4, 0.5) is 0 Å². The molecule has 1 aromatic carbocycles. The van der Waals surface area contributed by atoms with Crippen molar-refractivity contribution in [1.82, 2.24) is 19.8 Å². The molecule has 176 valence electrons. The average Bonchev–Trinajstić information content (AvgIpc) is 3.00. The van der Waals surface area contributed by atoms with Crippen LogP contribution in [0.25, 0.3) is 0 Å². The highest BCUT2D eigenvalue weighted by atomic mass is 79.9. The van der Waals surface area contributed by atoms with E-state index in [-0.39, 0.29) is 24.6 Å². The van der Waals surface area contributed by atoms with Crippen molar-refractivity contribution in [2.24, 2.45) is 0 Å². The zero-order valence-corrected chi connectivity index (χ0v) is 21.0. The largest absolute Gasteiger partial charge is 0.394 e. The number of halogens is 2. The number of rotatable bonds is 4. The number of carbonyl (C=O) groups is 1. The summed E-state index contributed by atoms with van der Waals surface area (Å²) in [7, 11) is 0. The minimum absolute atomic E-state index is 0.0282. The molecule has 2 aliphatic rings. The lowest BCUT2D eigenvalue weighted by Gasteiger charge is -2.44. The van der Waals surface area contributed by atoms with Crippen LogP contribution in [-0.2, 0) is 24.1 Å². The zero-order chi connectivity index (χ0) is 23.7. The van der Waals surface area contributed by atoms with Crippen molar-refractivity contribution in [3.8, 4) is 0 Å². The summed E-state index contributed by atoms with van der Waals surface area (Å²) in [6.45, 7) is 1.74. The second-order valence-electron chi connectivity index (χ2n) is 8.89. The first-order valence-electron chi connectivity index (χ1n) is 11.5. The number of piperazine rings is 1. The molecule has 1 fully saturated rings. The third-order valence-electron chi connectivity index (χ3n) is 6.81. The summed E-state index contributed by atoms with van der Waals surface area (Å²) in [5.41, 5.74) is 5.60. The highest BCUT2D eigenvalue weighted by molar-refractivity contribution is 9.10. The number of aromatic nitrogens is 2. The number of aliphatic hydroxyl groups excluding tert-OH is 1. The number of nitrogens with zero attached hydrogens (tertiary/aromatic N) is 4. The number of carbonyl (C=O) groups excluding carboxylic acids is 1. The van der Waals surface area contributed by atoms with Gasteiger partial charge in [0, 0.05) is 47.7 Å². The molecule has 2 atom stereocenters. The standard InChI is InChI=1S/C26H26BrClN4O2/c27-20-12-19-2-1-18-13-21(28)3-4-23(18)26(25(19)30-14-20)31-9-10-32(22(15-31)16-33)24(34)11-17-5-7-29-8-6-17/h3-8,12-14,22,26,33H,1-2,9-11,15-16H2. The average molecular weight is 542 g/mol. The number of pyridine rings is 2. The smallest absolute Gasteiger partial charge is 0.227 e. The maximum atomic E-state index is 13.1. The third kappa shape index (κ3) is 4.75. The van der Waals surface area contributed by atoms with Crippen molar-refractivity contribution in [1.29, 1.82) is 0 Å². The van der Waals surface area contributed by atoms with Gasteiger partial charge in [0.05, 0.1) is 30.8 Å². The van der Waals surface area contributed by atoms with Gasteiger partial charge in [0.15, 0.2) is 0 Å². The predicted octanol–water partition coefficient (Wildman–Crippen LogP) is 3.83. The lowest BCUT2D eigenvalue weighted by atomic mass is 9.95. The number of fused-ring (bicyclic) bond motifs is 2. The Kier molecular flexibility index (Phi) is 6.97. The third-order valence-corrected chi connectivity index (χ3v) is 7.47. The Morgan fingerprint density at radius 1 is 1.12 bits per heavy atom. The Bertz CT molecular complexity index is 1140. The molecule has 0 saturated carbocycles. The molecule has 0 radical (unpaired) electrons. The van der Waals surface area contributed by atoms with Crippen LogP contribution < -0.4 is 0 Å². The molecule has 1 amide bonds. The molecule has 2 unspecified atom stereocenters. The number of aryl methyl sites for hydroxylation is 2. The van der Waals surface area contributed by atoms with E-state index in [4.69, 9.17) is 16.6 Å². The summed E-state index contributed by atoms with van der Waals surface area (Å²) in [6, 6.07) is 11.6. The van der Waals surface area contributed by atoms with E-state index in [1.165, 1.54) is 16.7 Å². The first-order chi connectivity index (χ1) is 16.5. The lowest BCUT2D eigenvalue weighted by Crippen LogP contribution is -2.57. The van der Waals surface area contributed by atoms with Gasteiger partial charge in [0.2, 0.25) is 5.91 Å². The molecule has 1 aliphatic heterocycles. The Hall–Kier alpha value is -2.32. The van der Waals surface area contributed by atoms with Crippen LogP contribution in [0.15, 0.2) is 59.5 Å². The van der Waals surface area contributed by atoms with Gasteiger partial charge in [-0.2, -0.15) is 0 Å². The van der Waals surface area contributed by atoms with Crippen LogP contribution in [0, 0.1) is 0 Å². The second-order valence-corrected chi connectivity index (χ2v) is 10.2. The first-order valence-corrected chi connectivity index (χ1v) is 12.7. The summed E-state index contributed by atoms with van der Waals surface area (Å²) in [6.07, 6.45) is 7.34. The topological polar surface area (TPSA) is 69.6 Å². The fourth-order valence-corrected chi connectivity index (χ4v) is 5.73. The van der Waals surface area contributed by atoms with E-state index >= 15 is 0 Å².